The van der Waals surface area contributed by atoms with Crippen molar-refractivity contribution in [2.75, 3.05) is 19.6 Å². The molecule has 0 spiro atoms. The summed E-state index contributed by atoms with van der Waals surface area (Å²) in [7, 11) is 0. The second-order valence-electron chi connectivity index (χ2n) is 6.38. The minimum Gasteiger partial charge on any atom is -0.356 e. The van der Waals surface area contributed by atoms with E-state index in [1.54, 1.807) is 0 Å². The number of likely N-dealkylation sites (tertiary alicyclic amines) is 1. The van der Waals surface area contributed by atoms with E-state index >= 15 is 0 Å². The zero-order valence-electron chi connectivity index (χ0n) is 14.1. The molecule has 2 aromatic rings. The highest BCUT2D eigenvalue weighted by atomic mass is 16.2. The molecule has 1 aliphatic heterocycles. The standard InChI is InChI=1S/C20H24N2O2/c1-2-12-21-19(23)16-10-13-22(14-11-16)20(24)18-9-5-7-15-6-3-4-8-17(15)18/h3-9,16H,2,10-14H2,1H3,(H,21,23). The number of carbonyl (C=O) groups excluding carboxylic acids is 2. The van der Waals surface area contributed by atoms with Gasteiger partial charge in [-0.05, 0) is 36.1 Å². The molecule has 1 fully saturated rings. The zero-order valence-corrected chi connectivity index (χ0v) is 14.1. The molecule has 4 heteroatoms. The van der Waals surface area contributed by atoms with Gasteiger partial charge in [0, 0.05) is 31.1 Å². The number of piperidine rings is 1. The minimum atomic E-state index is 0.0353. The maximum Gasteiger partial charge on any atom is 0.254 e. The Morgan fingerprint density at radius 2 is 1.79 bits per heavy atom. The first kappa shape index (κ1) is 16.5. The number of hydrogen-bond donors (Lipinski definition) is 1. The number of hydrogen-bond acceptors (Lipinski definition) is 2. The Morgan fingerprint density at radius 1 is 1.08 bits per heavy atom. The van der Waals surface area contributed by atoms with Crippen molar-refractivity contribution >= 4 is 22.6 Å². The van der Waals surface area contributed by atoms with Gasteiger partial charge in [-0.25, -0.2) is 0 Å². The fraction of sp³-hybridized carbons (Fsp3) is 0.400. The third-order valence-corrected chi connectivity index (χ3v) is 4.72. The quantitative estimate of drug-likeness (QED) is 0.939. The smallest absolute Gasteiger partial charge is 0.254 e. The molecule has 1 saturated heterocycles. The second-order valence-corrected chi connectivity index (χ2v) is 6.38. The third kappa shape index (κ3) is 3.42. The molecule has 1 heterocycles. The summed E-state index contributed by atoms with van der Waals surface area (Å²) >= 11 is 0. The van der Waals surface area contributed by atoms with Crippen LogP contribution in [0.1, 0.15) is 36.5 Å². The highest BCUT2D eigenvalue weighted by Crippen LogP contribution is 2.23. The van der Waals surface area contributed by atoms with Crippen molar-refractivity contribution in [2.45, 2.75) is 26.2 Å². The Labute approximate surface area is 142 Å². The summed E-state index contributed by atoms with van der Waals surface area (Å²) in [6.07, 6.45) is 2.43. The molecule has 0 bridgehead atoms. The Morgan fingerprint density at radius 3 is 2.54 bits per heavy atom. The van der Waals surface area contributed by atoms with Crippen LogP contribution < -0.4 is 5.32 Å². The molecule has 1 N–H and O–H groups in total. The summed E-state index contributed by atoms with van der Waals surface area (Å²) in [4.78, 5) is 26.8. The number of rotatable bonds is 4. The van der Waals surface area contributed by atoms with Crippen molar-refractivity contribution in [1.82, 2.24) is 10.2 Å². The van der Waals surface area contributed by atoms with Gasteiger partial charge in [0.15, 0.2) is 0 Å². The first-order chi connectivity index (χ1) is 11.7. The molecular weight excluding hydrogens is 300 g/mol. The topological polar surface area (TPSA) is 49.4 Å². The fourth-order valence-electron chi connectivity index (χ4n) is 3.32. The van der Waals surface area contributed by atoms with E-state index in [9.17, 15) is 9.59 Å². The van der Waals surface area contributed by atoms with Gasteiger partial charge in [-0.1, -0.05) is 43.3 Å². The number of benzene rings is 2. The van der Waals surface area contributed by atoms with E-state index in [0.29, 0.717) is 13.1 Å². The van der Waals surface area contributed by atoms with Gasteiger partial charge in [0.2, 0.25) is 5.91 Å². The molecule has 2 aromatic carbocycles. The molecule has 1 aliphatic rings. The first-order valence-corrected chi connectivity index (χ1v) is 8.75. The first-order valence-electron chi connectivity index (χ1n) is 8.75. The summed E-state index contributed by atoms with van der Waals surface area (Å²) in [5.41, 5.74) is 0.752. The molecule has 0 aliphatic carbocycles. The van der Waals surface area contributed by atoms with Crippen LogP contribution in [0.25, 0.3) is 10.8 Å². The van der Waals surface area contributed by atoms with Gasteiger partial charge in [-0.3, -0.25) is 9.59 Å². The fourth-order valence-corrected chi connectivity index (χ4v) is 3.32. The van der Waals surface area contributed by atoms with Crippen molar-refractivity contribution in [3.8, 4) is 0 Å². The highest BCUT2D eigenvalue weighted by Gasteiger charge is 2.28. The van der Waals surface area contributed by atoms with Gasteiger partial charge in [0.05, 0.1) is 0 Å². The lowest BCUT2D eigenvalue weighted by molar-refractivity contribution is -0.126. The zero-order chi connectivity index (χ0) is 16.9. The van der Waals surface area contributed by atoms with Crippen molar-refractivity contribution < 1.29 is 9.59 Å². The summed E-state index contributed by atoms with van der Waals surface area (Å²) in [5.74, 6) is 0.237. The molecule has 126 valence electrons. The van der Waals surface area contributed by atoms with E-state index in [1.165, 1.54) is 0 Å². The maximum absolute atomic E-state index is 12.9. The van der Waals surface area contributed by atoms with Gasteiger partial charge in [-0.15, -0.1) is 0 Å². The van der Waals surface area contributed by atoms with Crippen LogP contribution in [0, 0.1) is 5.92 Å². The van der Waals surface area contributed by atoms with E-state index in [4.69, 9.17) is 0 Å². The molecule has 0 atom stereocenters. The van der Waals surface area contributed by atoms with Gasteiger partial charge >= 0.3 is 0 Å². The Bertz CT molecular complexity index is 728. The average Bonchev–Trinajstić information content (AvgIpc) is 2.65. The number of carbonyl (C=O) groups is 2. The molecule has 4 nitrogen and oxygen atoms in total. The minimum absolute atomic E-state index is 0.0353. The lowest BCUT2D eigenvalue weighted by Crippen LogP contribution is -2.43. The number of nitrogens with zero attached hydrogens (tertiary/aromatic N) is 1. The summed E-state index contributed by atoms with van der Waals surface area (Å²) in [6.45, 7) is 4.07. The van der Waals surface area contributed by atoms with E-state index in [0.717, 1.165) is 42.1 Å². The molecule has 3 rings (SSSR count). The predicted octanol–water partition coefficient (Wildman–Crippen LogP) is 3.22. The lowest BCUT2D eigenvalue weighted by atomic mass is 9.95. The highest BCUT2D eigenvalue weighted by molar-refractivity contribution is 6.07. The van der Waals surface area contributed by atoms with Crippen molar-refractivity contribution in [3.63, 3.8) is 0 Å². The van der Waals surface area contributed by atoms with E-state index in [2.05, 4.69) is 5.32 Å². The normalized spacial score (nSPS) is 15.5. The number of nitrogens with one attached hydrogen (secondary N) is 1. The maximum atomic E-state index is 12.9. The van der Waals surface area contributed by atoms with E-state index in [-0.39, 0.29) is 17.7 Å². The van der Waals surface area contributed by atoms with Crippen LogP contribution in [0.3, 0.4) is 0 Å². The van der Waals surface area contributed by atoms with Gasteiger partial charge < -0.3 is 10.2 Å². The summed E-state index contributed by atoms with van der Waals surface area (Å²) < 4.78 is 0. The SMILES string of the molecule is CCCNC(=O)C1CCN(C(=O)c2cccc3ccccc23)CC1. The van der Waals surface area contributed by atoms with Gasteiger partial charge in [-0.2, -0.15) is 0 Å². The third-order valence-electron chi connectivity index (χ3n) is 4.72. The number of fused-ring (bicyclic) bond motifs is 1. The van der Waals surface area contributed by atoms with Crippen molar-refractivity contribution in [2.24, 2.45) is 5.92 Å². The molecule has 24 heavy (non-hydrogen) atoms. The molecule has 0 aromatic heterocycles. The molecule has 0 unspecified atom stereocenters. The van der Waals surface area contributed by atoms with Crippen LogP contribution in [0.4, 0.5) is 0 Å². The largest absolute Gasteiger partial charge is 0.356 e. The van der Waals surface area contributed by atoms with Crippen molar-refractivity contribution in [3.05, 3.63) is 48.0 Å². The van der Waals surface area contributed by atoms with E-state index < -0.39 is 0 Å². The Kier molecular flexibility index (Phi) is 5.14. The average molecular weight is 324 g/mol. The molecule has 0 radical (unpaired) electrons. The Balaban J connectivity index is 1.68. The molecular formula is C20H24N2O2. The van der Waals surface area contributed by atoms with Crippen LogP contribution in [0.5, 0.6) is 0 Å². The molecule has 0 saturated carbocycles. The van der Waals surface area contributed by atoms with E-state index in [1.807, 2.05) is 54.3 Å². The monoisotopic (exact) mass is 324 g/mol. The van der Waals surface area contributed by atoms with Crippen LogP contribution in [0.2, 0.25) is 0 Å². The van der Waals surface area contributed by atoms with Gasteiger partial charge in [0.1, 0.15) is 0 Å². The van der Waals surface area contributed by atoms with Crippen LogP contribution in [0.15, 0.2) is 42.5 Å². The predicted molar refractivity (Wildman–Crippen MR) is 95.9 cm³/mol. The van der Waals surface area contributed by atoms with Crippen LogP contribution in [-0.2, 0) is 4.79 Å². The summed E-state index contributed by atoms with van der Waals surface area (Å²) in [5, 5.41) is 5.03. The van der Waals surface area contributed by atoms with Crippen molar-refractivity contribution in [1.29, 1.82) is 0 Å². The van der Waals surface area contributed by atoms with Crippen LogP contribution in [-0.4, -0.2) is 36.3 Å². The Hall–Kier alpha value is -2.36. The molecule has 2 amide bonds. The van der Waals surface area contributed by atoms with Crippen LogP contribution >= 0.6 is 0 Å². The lowest BCUT2D eigenvalue weighted by Gasteiger charge is -2.31. The summed E-state index contributed by atoms with van der Waals surface area (Å²) in [6, 6.07) is 13.8. The second kappa shape index (κ2) is 7.47. The van der Waals surface area contributed by atoms with Gasteiger partial charge in [0.25, 0.3) is 5.91 Å². The number of amides is 2.